The summed E-state index contributed by atoms with van der Waals surface area (Å²) >= 11 is 0. The first-order chi connectivity index (χ1) is 6.20. The summed E-state index contributed by atoms with van der Waals surface area (Å²) in [5.74, 6) is 0. The summed E-state index contributed by atoms with van der Waals surface area (Å²) in [7, 11) is 4.03. The van der Waals surface area contributed by atoms with Crippen molar-refractivity contribution in [2.75, 3.05) is 14.1 Å². The van der Waals surface area contributed by atoms with E-state index >= 15 is 0 Å². The fourth-order valence-corrected chi connectivity index (χ4v) is 2.02. The number of nitrogens with zero attached hydrogens (tertiary/aromatic N) is 1. The average Bonchev–Trinajstić information content (AvgIpc) is 2.45. The molecule has 0 bridgehead atoms. The number of likely N-dealkylation sites (N-methyl/N-ethyl adjacent to an activating group) is 1. The van der Waals surface area contributed by atoms with Crippen molar-refractivity contribution >= 4 is 0 Å². The molecule has 1 aliphatic carbocycles. The van der Waals surface area contributed by atoms with Gasteiger partial charge in [0.25, 0.3) is 0 Å². The molecule has 0 aliphatic heterocycles. The zero-order chi connectivity index (χ0) is 9.42. The molecule has 0 aromatic heterocycles. The van der Waals surface area contributed by atoms with Crippen LogP contribution in [0, 0.1) is 0 Å². The minimum Gasteiger partial charge on any atom is -0.387 e. The minimum atomic E-state index is -0.314. The summed E-state index contributed by atoms with van der Waals surface area (Å²) in [4.78, 5) is 2.09. The summed E-state index contributed by atoms with van der Waals surface area (Å²) in [6, 6.07) is 8.38. The highest BCUT2D eigenvalue weighted by molar-refractivity contribution is 5.35. The van der Waals surface area contributed by atoms with Crippen molar-refractivity contribution < 1.29 is 5.11 Å². The van der Waals surface area contributed by atoms with Gasteiger partial charge in [-0.05, 0) is 31.6 Å². The highest BCUT2D eigenvalue weighted by atomic mass is 16.3. The van der Waals surface area contributed by atoms with Gasteiger partial charge in [-0.25, -0.2) is 0 Å². The predicted molar refractivity (Wildman–Crippen MR) is 52.6 cm³/mol. The van der Waals surface area contributed by atoms with E-state index < -0.39 is 0 Å². The van der Waals surface area contributed by atoms with Crippen LogP contribution in [0.4, 0.5) is 0 Å². The third-order valence-corrected chi connectivity index (χ3v) is 2.83. The van der Waals surface area contributed by atoms with Crippen LogP contribution in [-0.4, -0.2) is 30.1 Å². The summed E-state index contributed by atoms with van der Waals surface area (Å²) in [5.41, 5.74) is 2.38. The van der Waals surface area contributed by atoms with Gasteiger partial charge in [0, 0.05) is 6.04 Å². The lowest BCUT2D eigenvalue weighted by Gasteiger charge is -2.22. The number of fused-ring (bicyclic) bond motifs is 1. The molecular formula is C11H15NO. The molecule has 1 aromatic rings. The van der Waals surface area contributed by atoms with Crippen LogP contribution in [0.5, 0.6) is 0 Å². The van der Waals surface area contributed by atoms with Crippen LogP contribution in [0.15, 0.2) is 24.3 Å². The smallest absolute Gasteiger partial charge is 0.0950 e. The van der Waals surface area contributed by atoms with E-state index in [9.17, 15) is 5.11 Å². The van der Waals surface area contributed by atoms with Gasteiger partial charge in [0.1, 0.15) is 0 Å². The van der Waals surface area contributed by atoms with Crippen molar-refractivity contribution in [2.24, 2.45) is 0 Å². The highest BCUT2D eigenvalue weighted by Crippen LogP contribution is 2.32. The first-order valence-corrected chi connectivity index (χ1v) is 4.62. The van der Waals surface area contributed by atoms with Gasteiger partial charge in [0.2, 0.25) is 0 Å². The normalized spacial score (nSPS) is 26.5. The summed E-state index contributed by atoms with van der Waals surface area (Å²) in [5, 5.41) is 9.97. The van der Waals surface area contributed by atoms with Crippen LogP contribution >= 0.6 is 0 Å². The molecule has 0 saturated heterocycles. The van der Waals surface area contributed by atoms with Gasteiger partial charge in [-0.15, -0.1) is 0 Å². The van der Waals surface area contributed by atoms with Crippen LogP contribution in [0.3, 0.4) is 0 Å². The maximum atomic E-state index is 9.97. The number of aliphatic hydroxyl groups excluding tert-OH is 1. The number of rotatable bonds is 1. The average molecular weight is 177 g/mol. The largest absolute Gasteiger partial charge is 0.387 e. The lowest BCUT2D eigenvalue weighted by atomic mass is 10.1. The Hall–Kier alpha value is -0.860. The van der Waals surface area contributed by atoms with E-state index in [2.05, 4.69) is 11.0 Å². The molecule has 0 unspecified atom stereocenters. The Morgan fingerprint density at radius 3 is 2.62 bits per heavy atom. The summed E-state index contributed by atoms with van der Waals surface area (Å²) in [6.07, 6.45) is 0.649. The van der Waals surface area contributed by atoms with E-state index in [1.165, 1.54) is 5.56 Å². The number of aliphatic hydroxyl groups is 1. The van der Waals surface area contributed by atoms with E-state index in [0.717, 1.165) is 12.0 Å². The van der Waals surface area contributed by atoms with Crippen molar-refractivity contribution in [2.45, 2.75) is 18.6 Å². The second-order valence-corrected chi connectivity index (χ2v) is 3.88. The lowest BCUT2D eigenvalue weighted by molar-refractivity contribution is 0.0899. The second kappa shape index (κ2) is 3.13. The molecule has 0 saturated carbocycles. The van der Waals surface area contributed by atoms with E-state index in [1.54, 1.807) is 0 Å². The van der Waals surface area contributed by atoms with E-state index in [-0.39, 0.29) is 12.1 Å². The van der Waals surface area contributed by atoms with Gasteiger partial charge in [-0.3, -0.25) is 0 Å². The van der Waals surface area contributed by atoms with Crippen LogP contribution in [0.2, 0.25) is 0 Å². The van der Waals surface area contributed by atoms with E-state index in [1.807, 2.05) is 32.3 Å². The maximum Gasteiger partial charge on any atom is 0.0950 e. The van der Waals surface area contributed by atoms with Gasteiger partial charge >= 0.3 is 0 Å². The Morgan fingerprint density at radius 2 is 2.00 bits per heavy atom. The SMILES string of the molecule is CN(C)[C@H]1Cc2ccccc2[C@H]1O. The first-order valence-electron chi connectivity index (χ1n) is 4.62. The lowest BCUT2D eigenvalue weighted by Crippen LogP contribution is -2.31. The van der Waals surface area contributed by atoms with Crippen LogP contribution in [0.1, 0.15) is 17.2 Å². The Balaban J connectivity index is 2.32. The number of hydrogen-bond acceptors (Lipinski definition) is 2. The predicted octanol–water partition coefficient (Wildman–Crippen LogP) is 1.21. The molecule has 13 heavy (non-hydrogen) atoms. The zero-order valence-electron chi connectivity index (χ0n) is 8.07. The minimum absolute atomic E-state index is 0.248. The van der Waals surface area contributed by atoms with E-state index in [0.29, 0.717) is 0 Å². The second-order valence-electron chi connectivity index (χ2n) is 3.88. The molecule has 1 aliphatic rings. The fraction of sp³-hybridized carbons (Fsp3) is 0.455. The molecule has 2 nitrogen and oxygen atoms in total. The van der Waals surface area contributed by atoms with Gasteiger partial charge in [0.05, 0.1) is 6.10 Å². The third-order valence-electron chi connectivity index (χ3n) is 2.83. The summed E-state index contributed by atoms with van der Waals surface area (Å²) in [6.45, 7) is 0. The molecule has 0 heterocycles. The maximum absolute atomic E-state index is 9.97. The Bertz CT molecular complexity index is 309. The summed E-state index contributed by atoms with van der Waals surface area (Å²) < 4.78 is 0. The molecule has 70 valence electrons. The Labute approximate surface area is 78.8 Å². The van der Waals surface area contributed by atoms with Crippen molar-refractivity contribution in [1.29, 1.82) is 0 Å². The van der Waals surface area contributed by atoms with Crippen molar-refractivity contribution in [1.82, 2.24) is 4.90 Å². The Kier molecular flexibility index (Phi) is 2.10. The molecule has 0 radical (unpaired) electrons. The molecule has 0 amide bonds. The molecule has 2 atom stereocenters. The molecule has 0 fully saturated rings. The van der Waals surface area contributed by atoms with Gasteiger partial charge in [-0.1, -0.05) is 24.3 Å². The van der Waals surface area contributed by atoms with Crippen molar-refractivity contribution in [3.63, 3.8) is 0 Å². The van der Waals surface area contributed by atoms with Crippen LogP contribution < -0.4 is 0 Å². The molecule has 1 N–H and O–H groups in total. The van der Waals surface area contributed by atoms with Gasteiger partial charge in [0.15, 0.2) is 0 Å². The monoisotopic (exact) mass is 177 g/mol. The fourth-order valence-electron chi connectivity index (χ4n) is 2.02. The van der Waals surface area contributed by atoms with Gasteiger partial charge in [-0.2, -0.15) is 0 Å². The molecule has 1 aromatic carbocycles. The Morgan fingerprint density at radius 1 is 1.31 bits per heavy atom. The highest BCUT2D eigenvalue weighted by Gasteiger charge is 2.31. The topological polar surface area (TPSA) is 23.5 Å². The van der Waals surface area contributed by atoms with Gasteiger partial charge < -0.3 is 10.0 Å². The molecule has 0 spiro atoms. The van der Waals surface area contributed by atoms with E-state index in [4.69, 9.17) is 0 Å². The number of benzene rings is 1. The van der Waals surface area contributed by atoms with Crippen LogP contribution in [-0.2, 0) is 6.42 Å². The molecule has 2 rings (SSSR count). The quantitative estimate of drug-likeness (QED) is 0.697. The third kappa shape index (κ3) is 1.36. The standard InChI is InChI=1S/C11H15NO/c1-12(2)10-7-8-5-3-4-6-9(8)11(10)13/h3-6,10-11,13H,7H2,1-2H3/t10-,11+/m0/s1. The first kappa shape index (κ1) is 8.73. The number of hydrogen-bond donors (Lipinski definition) is 1. The zero-order valence-corrected chi connectivity index (χ0v) is 8.07. The van der Waals surface area contributed by atoms with Crippen molar-refractivity contribution in [3.8, 4) is 0 Å². The van der Waals surface area contributed by atoms with Crippen molar-refractivity contribution in [3.05, 3.63) is 35.4 Å². The van der Waals surface area contributed by atoms with Crippen LogP contribution in [0.25, 0.3) is 0 Å². The molecular weight excluding hydrogens is 162 g/mol. The molecule has 2 heteroatoms.